The van der Waals surface area contributed by atoms with Gasteiger partial charge in [-0.2, -0.15) is 0 Å². The molecule has 5 heteroatoms. The van der Waals surface area contributed by atoms with E-state index in [2.05, 4.69) is 20.6 Å². The molecule has 1 aliphatic heterocycles. The van der Waals surface area contributed by atoms with Crippen LogP contribution in [0, 0.1) is 0 Å². The standard InChI is InChI=1S/C15H16N4O/c20-15(18-9-13-5-7-16-10-19-13)12-3-4-14-11(8-12)2-1-6-17-14/h3-5,7-8,10,17H,1-2,6,9H2,(H,18,20). The number of anilines is 1. The Hall–Kier alpha value is -2.43. The predicted molar refractivity (Wildman–Crippen MR) is 76.5 cm³/mol. The van der Waals surface area contributed by atoms with E-state index in [1.807, 2.05) is 18.2 Å². The summed E-state index contributed by atoms with van der Waals surface area (Å²) >= 11 is 0. The lowest BCUT2D eigenvalue weighted by Crippen LogP contribution is -2.24. The number of nitrogens with zero attached hydrogens (tertiary/aromatic N) is 2. The van der Waals surface area contributed by atoms with Crippen molar-refractivity contribution in [2.45, 2.75) is 19.4 Å². The molecular formula is C15H16N4O. The molecule has 0 spiro atoms. The third-order valence-electron chi connectivity index (χ3n) is 3.38. The first-order valence-corrected chi connectivity index (χ1v) is 6.73. The fraction of sp³-hybridized carbons (Fsp3) is 0.267. The molecule has 20 heavy (non-hydrogen) atoms. The van der Waals surface area contributed by atoms with E-state index >= 15 is 0 Å². The van der Waals surface area contributed by atoms with Crippen molar-refractivity contribution in [3.05, 3.63) is 53.6 Å². The van der Waals surface area contributed by atoms with Gasteiger partial charge in [0.2, 0.25) is 0 Å². The fourth-order valence-electron chi connectivity index (χ4n) is 2.31. The lowest BCUT2D eigenvalue weighted by atomic mass is 10.0. The van der Waals surface area contributed by atoms with Crippen LogP contribution in [0.15, 0.2) is 36.8 Å². The molecule has 0 radical (unpaired) electrons. The van der Waals surface area contributed by atoms with Gasteiger partial charge in [-0.25, -0.2) is 9.97 Å². The topological polar surface area (TPSA) is 66.9 Å². The average Bonchev–Trinajstić information content (AvgIpc) is 2.53. The number of amides is 1. The molecule has 0 saturated heterocycles. The molecule has 2 heterocycles. The third-order valence-corrected chi connectivity index (χ3v) is 3.38. The van der Waals surface area contributed by atoms with Crippen LogP contribution in [0.25, 0.3) is 0 Å². The van der Waals surface area contributed by atoms with Crippen molar-refractivity contribution >= 4 is 11.6 Å². The van der Waals surface area contributed by atoms with Crippen molar-refractivity contribution in [3.63, 3.8) is 0 Å². The van der Waals surface area contributed by atoms with Crippen LogP contribution in [-0.2, 0) is 13.0 Å². The molecule has 1 aliphatic rings. The van der Waals surface area contributed by atoms with E-state index in [0.717, 1.165) is 30.8 Å². The van der Waals surface area contributed by atoms with Gasteiger partial charge in [-0.05, 0) is 42.7 Å². The molecule has 0 saturated carbocycles. The molecule has 0 bridgehead atoms. The minimum atomic E-state index is -0.0722. The molecular weight excluding hydrogens is 252 g/mol. The van der Waals surface area contributed by atoms with Gasteiger partial charge in [0.25, 0.3) is 5.91 Å². The van der Waals surface area contributed by atoms with Gasteiger partial charge in [0.05, 0.1) is 12.2 Å². The number of carbonyl (C=O) groups excluding carboxylic acids is 1. The lowest BCUT2D eigenvalue weighted by Gasteiger charge is -2.18. The Balaban J connectivity index is 1.68. The minimum Gasteiger partial charge on any atom is -0.385 e. The van der Waals surface area contributed by atoms with Gasteiger partial charge in [0.15, 0.2) is 0 Å². The highest BCUT2D eigenvalue weighted by atomic mass is 16.1. The van der Waals surface area contributed by atoms with Gasteiger partial charge in [-0.15, -0.1) is 0 Å². The summed E-state index contributed by atoms with van der Waals surface area (Å²) in [6.07, 6.45) is 5.28. The number of rotatable bonds is 3. The zero-order chi connectivity index (χ0) is 13.8. The second-order valence-electron chi connectivity index (χ2n) is 4.79. The summed E-state index contributed by atoms with van der Waals surface area (Å²) in [6, 6.07) is 7.59. The van der Waals surface area contributed by atoms with E-state index in [1.165, 1.54) is 11.9 Å². The maximum Gasteiger partial charge on any atom is 0.251 e. The van der Waals surface area contributed by atoms with Gasteiger partial charge in [-0.1, -0.05) is 0 Å². The molecule has 102 valence electrons. The smallest absolute Gasteiger partial charge is 0.251 e. The summed E-state index contributed by atoms with van der Waals surface area (Å²) < 4.78 is 0. The summed E-state index contributed by atoms with van der Waals surface area (Å²) in [5.74, 6) is -0.0722. The van der Waals surface area contributed by atoms with Crippen molar-refractivity contribution < 1.29 is 4.79 Å². The zero-order valence-corrected chi connectivity index (χ0v) is 11.1. The van der Waals surface area contributed by atoms with Crippen LogP contribution >= 0.6 is 0 Å². The molecule has 2 aromatic rings. The summed E-state index contributed by atoms with van der Waals surface area (Å²) in [6.45, 7) is 1.42. The zero-order valence-electron chi connectivity index (χ0n) is 11.1. The van der Waals surface area contributed by atoms with E-state index in [1.54, 1.807) is 12.3 Å². The Kier molecular flexibility index (Phi) is 3.58. The van der Waals surface area contributed by atoms with Gasteiger partial charge in [-0.3, -0.25) is 4.79 Å². The predicted octanol–water partition coefficient (Wildman–Crippen LogP) is 1.76. The van der Waals surface area contributed by atoms with Gasteiger partial charge in [0, 0.05) is 24.0 Å². The maximum absolute atomic E-state index is 12.1. The Morgan fingerprint density at radius 3 is 3.15 bits per heavy atom. The monoisotopic (exact) mass is 268 g/mol. The highest BCUT2D eigenvalue weighted by molar-refractivity contribution is 5.94. The molecule has 1 amide bonds. The molecule has 0 atom stereocenters. The van der Waals surface area contributed by atoms with Crippen LogP contribution in [0.4, 0.5) is 5.69 Å². The normalized spacial score (nSPS) is 13.2. The first kappa shape index (κ1) is 12.6. The number of nitrogens with one attached hydrogen (secondary N) is 2. The van der Waals surface area contributed by atoms with Crippen molar-refractivity contribution in [3.8, 4) is 0 Å². The van der Waals surface area contributed by atoms with Crippen molar-refractivity contribution in [1.29, 1.82) is 0 Å². The quantitative estimate of drug-likeness (QED) is 0.890. The van der Waals surface area contributed by atoms with Gasteiger partial charge in [0.1, 0.15) is 6.33 Å². The Morgan fingerprint density at radius 2 is 2.30 bits per heavy atom. The molecule has 0 fully saturated rings. The molecule has 0 aliphatic carbocycles. The van der Waals surface area contributed by atoms with Crippen LogP contribution in [-0.4, -0.2) is 22.4 Å². The highest BCUT2D eigenvalue weighted by Gasteiger charge is 2.12. The summed E-state index contributed by atoms with van der Waals surface area (Å²) in [5.41, 5.74) is 3.85. The summed E-state index contributed by atoms with van der Waals surface area (Å²) in [5, 5.41) is 6.21. The molecule has 0 unspecified atom stereocenters. The Morgan fingerprint density at radius 1 is 1.35 bits per heavy atom. The molecule has 5 nitrogen and oxygen atoms in total. The van der Waals surface area contributed by atoms with Crippen LogP contribution in [0.2, 0.25) is 0 Å². The number of hydrogen-bond acceptors (Lipinski definition) is 4. The number of benzene rings is 1. The molecule has 1 aromatic heterocycles. The highest BCUT2D eigenvalue weighted by Crippen LogP contribution is 2.22. The van der Waals surface area contributed by atoms with Gasteiger partial charge >= 0.3 is 0 Å². The van der Waals surface area contributed by atoms with Crippen LogP contribution in [0.3, 0.4) is 0 Å². The first-order valence-electron chi connectivity index (χ1n) is 6.73. The first-order chi connectivity index (χ1) is 9.83. The number of carbonyl (C=O) groups is 1. The van der Waals surface area contributed by atoms with E-state index in [-0.39, 0.29) is 5.91 Å². The largest absolute Gasteiger partial charge is 0.385 e. The average molecular weight is 268 g/mol. The molecule has 3 rings (SSSR count). The van der Waals surface area contributed by atoms with Crippen molar-refractivity contribution in [2.75, 3.05) is 11.9 Å². The second kappa shape index (κ2) is 5.69. The Bertz CT molecular complexity index is 613. The van der Waals surface area contributed by atoms with Crippen molar-refractivity contribution in [1.82, 2.24) is 15.3 Å². The van der Waals surface area contributed by atoms with E-state index < -0.39 is 0 Å². The van der Waals surface area contributed by atoms with Crippen molar-refractivity contribution in [2.24, 2.45) is 0 Å². The lowest BCUT2D eigenvalue weighted by molar-refractivity contribution is 0.0950. The maximum atomic E-state index is 12.1. The molecule has 2 N–H and O–H groups in total. The van der Waals surface area contributed by atoms with E-state index in [0.29, 0.717) is 12.1 Å². The summed E-state index contributed by atoms with van der Waals surface area (Å²) in [4.78, 5) is 20.1. The van der Waals surface area contributed by atoms with E-state index in [4.69, 9.17) is 0 Å². The van der Waals surface area contributed by atoms with Crippen LogP contribution in [0.5, 0.6) is 0 Å². The minimum absolute atomic E-state index is 0.0722. The second-order valence-corrected chi connectivity index (χ2v) is 4.79. The van der Waals surface area contributed by atoms with E-state index in [9.17, 15) is 4.79 Å². The number of aromatic nitrogens is 2. The van der Waals surface area contributed by atoms with Crippen LogP contribution in [0.1, 0.15) is 28.0 Å². The number of fused-ring (bicyclic) bond motifs is 1. The molecule has 1 aromatic carbocycles. The summed E-state index contributed by atoms with van der Waals surface area (Å²) in [7, 11) is 0. The van der Waals surface area contributed by atoms with Gasteiger partial charge < -0.3 is 10.6 Å². The van der Waals surface area contributed by atoms with Crippen LogP contribution < -0.4 is 10.6 Å². The fourth-order valence-corrected chi connectivity index (χ4v) is 2.31. The third kappa shape index (κ3) is 2.77. The number of aryl methyl sites for hydroxylation is 1. The number of hydrogen-bond donors (Lipinski definition) is 2. The SMILES string of the molecule is O=C(NCc1ccncn1)c1ccc2c(c1)CCCN2. The Labute approximate surface area is 117 Å².